The fourth-order valence-electron chi connectivity index (χ4n) is 1.48. The van der Waals surface area contributed by atoms with Crippen LogP contribution in [0.5, 0.6) is 5.75 Å². The van der Waals surface area contributed by atoms with E-state index >= 15 is 0 Å². The Morgan fingerprint density at radius 3 is 2.88 bits per heavy atom. The van der Waals surface area contributed by atoms with Gasteiger partial charge in [-0.3, -0.25) is 9.57 Å². The lowest BCUT2D eigenvalue weighted by Crippen LogP contribution is -2.31. The molecule has 2 N–H and O–H groups in total. The third kappa shape index (κ3) is 2.70. The summed E-state index contributed by atoms with van der Waals surface area (Å²) < 4.78 is 29.0. The van der Waals surface area contributed by atoms with Gasteiger partial charge in [0, 0.05) is 17.3 Å². The molecule has 0 aromatic heterocycles. The van der Waals surface area contributed by atoms with Gasteiger partial charge < -0.3 is 10.6 Å². The molecule has 1 atom stereocenters. The molecular formula is C10H12F2N2O3. The first-order chi connectivity index (χ1) is 8.22. The van der Waals surface area contributed by atoms with Gasteiger partial charge >= 0.3 is 6.61 Å². The third-order valence-electron chi connectivity index (χ3n) is 2.13. The number of hydroxylamine groups is 2. The van der Waals surface area contributed by atoms with Crippen LogP contribution in [0.25, 0.3) is 0 Å². The molecule has 1 unspecified atom stereocenters. The van der Waals surface area contributed by atoms with Gasteiger partial charge in [-0.2, -0.15) is 8.78 Å². The molecule has 0 saturated heterocycles. The molecule has 0 aliphatic carbocycles. The van der Waals surface area contributed by atoms with E-state index in [0.29, 0.717) is 11.3 Å². The van der Waals surface area contributed by atoms with Crippen molar-refractivity contribution in [1.29, 1.82) is 0 Å². The van der Waals surface area contributed by atoms with E-state index in [9.17, 15) is 8.78 Å². The van der Waals surface area contributed by atoms with E-state index in [2.05, 4.69) is 4.74 Å². The maximum Gasteiger partial charge on any atom is 0.347 e. The van der Waals surface area contributed by atoms with Crippen molar-refractivity contribution in [3.63, 3.8) is 0 Å². The summed E-state index contributed by atoms with van der Waals surface area (Å²) in [5.41, 5.74) is 5.75. The van der Waals surface area contributed by atoms with Gasteiger partial charge in [-0.05, 0) is 6.07 Å². The molecule has 1 aliphatic heterocycles. The number of ether oxygens (including phenoxy) is 1. The lowest BCUT2D eigenvalue weighted by Gasteiger charge is -2.20. The SMILES string of the molecule is NCCON1Oc2ccccc2C1OC(F)F. The van der Waals surface area contributed by atoms with Crippen LogP contribution in [0.4, 0.5) is 8.78 Å². The van der Waals surface area contributed by atoms with Crippen molar-refractivity contribution in [3.8, 4) is 5.75 Å². The summed E-state index contributed by atoms with van der Waals surface area (Å²) in [6, 6.07) is 6.71. The van der Waals surface area contributed by atoms with Gasteiger partial charge in [-0.25, -0.2) is 0 Å². The zero-order valence-electron chi connectivity index (χ0n) is 8.88. The minimum absolute atomic E-state index is 0.150. The van der Waals surface area contributed by atoms with Crippen LogP contribution < -0.4 is 10.6 Å². The molecule has 1 aromatic carbocycles. The number of rotatable bonds is 5. The summed E-state index contributed by atoms with van der Waals surface area (Å²) in [6.07, 6.45) is -1.09. The first kappa shape index (κ1) is 12.2. The van der Waals surface area contributed by atoms with Gasteiger partial charge in [0.1, 0.15) is 0 Å². The Labute approximate surface area is 96.6 Å². The molecule has 0 bridgehead atoms. The van der Waals surface area contributed by atoms with Crippen LogP contribution >= 0.6 is 0 Å². The average molecular weight is 246 g/mol. The number of benzene rings is 1. The van der Waals surface area contributed by atoms with Crippen LogP contribution in [-0.4, -0.2) is 25.0 Å². The topological polar surface area (TPSA) is 57.0 Å². The number of nitrogens with zero attached hydrogens (tertiary/aromatic N) is 1. The second kappa shape index (κ2) is 5.37. The number of hydrogen-bond acceptors (Lipinski definition) is 5. The number of nitrogens with two attached hydrogens (primary N) is 1. The lowest BCUT2D eigenvalue weighted by molar-refractivity contribution is -0.390. The van der Waals surface area contributed by atoms with E-state index in [1.807, 2.05) is 0 Å². The van der Waals surface area contributed by atoms with E-state index in [1.165, 1.54) is 0 Å². The zero-order chi connectivity index (χ0) is 12.3. The molecule has 0 spiro atoms. The number of alkyl halides is 2. The highest BCUT2D eigenvalue weighted by Crippen LogP contribution is 2.38. The molecule has 7 heteroatoms. The highest BCUT2D eigenvalue weighted by atomic mass is 19.3. The third-order valence-corrected chi connectivity index (χ3v) is 2.13. The minimum atomic E-state index is -2.92. The van der Waals surface area contributed by atoms with Gasteiger partial charge in [0.05, 0.1) is 6.61 Å². The second-order valence-corrected chi connectivity index (χ2v) is 3.29. The molecular weight excluding hydrogens is 234 g/mol. The molecule has 0 saturated carbocycles. The zero-order valence-corrected chi connectivity index (χ0v) is 8.88. The van der Waals surface area contributed by atoms with Crippen molar-refractivity contribution in [3.05, 3.63) is 29.8 Å². The summed E-state index contributed by atoms with van der Waals surface area (Å²) in [5, 5.41) is 0.893. The summed E-state index contributed by atoms with van der Waals surface area (Å²) in [4.78, 5) is 10.3. The van der Waals surface area contributed by atoms with Crippen LogP contribution in [0.15, 0.2) is 24.3 Å². The number of hydrogen-bond donors (Lipinski definition) is 1. The van der Waals surface area contributed by atoms with Gasteiger partial charge in [0.25, 0.3) is 0 Å². The first-order valence-corrected chi connectivity index (χ1v) is 5.05. The Bertz CT molecular complexity index is 378. The predicted molar refractivity (Wildman–Crippen MR) is 53.7 cm³/mol. The molecule has 17 heavy (non-hydrogen) atoms. The monoisotopic (exact) mass is 246 g/mol. The van der Waals surface area contributed by atoms with E-state index < -0.39 is 12.8 Å². The Hall–Kier alpha value is -1.28. The highest BCUT2D eigenvalue weighted by Gasteiger charge is 2.36. The van der Waals surface area contributed by atoms with Crippen molar-refractivity contribution in [2.24, 2.45) is 5.73 Å². The summed E-state index contributed by atoms with van der Waals surface area (Å²) in [6.45, 7) is -2.52. The normalized spacial score (nSPS) is 19.4. The van der Waals surface area contributed by atoms with Crippen LogP contribution in [-0.2, 0) is 9.57 Å². The molecule has 94 valence electrons. The molecule has 0 fully saturated rings. The van der Waals surface area contributed by atoms with Crippen molar-refractivity contribution in [2.75, 3.05) is 13.2 Å². The highest BCUT2D eigenvalue weighted by molar-refractivity contribution is 5.36. The summed E-state index contributed by atoms with van der Waals surface area (Å²) in [7, 11) is 0. The van der Waals surface area contributed by atoms with Crippen molar-refractivity contribution in [1.82, 2.24) is 5.23 Å². The van der Waals surface area contributed by atoms with Crippen LogP contribution in [0.1, 0.15) is 11.8 Å². The Kier molecular flexibility index (Phi) is 3.85. The van der Waals surface area contributed by atoms with E-state index in [-0.39, 0.29) is 13.2 Å². The van der Waals surface area contributed by atoms with Gasteiger partial charge in [-0.15, -0.1) is 0 Å². The molecule has 5 nitrogen and oxygen atoms in total. The molecule has 1 aliphatic rings. The quantitative estimate of drug-likeness (QED) is 0.851. The van der Waals surface area contributed by atoms with Crippen molar-refractivity contribution >= 4 is 0 Å². The van der Waals surface area contributed by atoms with Crippen molar-refractivity contribution in [2.45, 2.75) is 12.8 Å². The van der Waals surface area contributed by atoms with Gasteiger partial charge in [-0.1, -0.05) is 18.2 Å². The molecule has 2 rings (SSSR count). The van der Waals surface area contributed by atoms with Crippen LogP contribution in [0.2, 0.25) is 0 Å². The smallest absolute Gasteiger partial charge is 0.347 e. The van der Waals surface area contributed by atoms with Crippen molar-refractivity contribution < 1.29 is 23.2 Å². The standard InChI is InChI=1S/C10H12F2N2O3/c11-10(12)16-9-7-3-1-2-4-8(7)17-14(9)15-6-5-13/h1-4,9-10H,5-6,13H2. The van der Waals surface area contributed by atoms with E-state index in [0.717, 1.165) is 5.23 Å². The molecule has 1 heterocycles. The average Bonchev–Trinajstić information content (AvgIpc) is 2.64. The lowest BCUT2D eigenvalue weighted by atomic mass is 10.2. The number of halogens is 2. The summed E-state index contributed by atoms with van der Waals surface area (Å²) in [5.74, 6) is 0.426. The molecule has 1 aromatic rings. The largest absolute Gasteiger partial charge is 0.377 e. The number of para-hydroxylation sites is 1. The summed E-state index contributed by atoms with van der Waals surface area (Å²) >= 11 is 0. The van der Waals surface area contributed by atoms with Crippen LogP contribution in [0, 0.1) is 0 Å². The number of fused-ring (bicyclic) bond motifs is 1. The molecule has 0 amide bonds. The first-order valence-electron chi connectivity index (χ1n) is 5.05. The fraction of sp³-hybridized carbons (Fsp3) is 0.400. The van der Waals surface area contributed by atoms with Crippen LogP contribution in [0.3, 0.4) is 0 Å². The fourth-order valence-corrected chi connectivity index (χ4v) is 1.48. The van der Waals surface area contributed by atoms with E-state index in [4.69, 9.17) is 15.4 Å². The Balaban J connectivity index is 2.14. The predicted octanol–water partition coefficient (Wildman–Crippen LogP) is 1.42. The van der Waals surface area contributed by atoms with Gasteiger partial charge in [0.2, 0.25) is 6.23 Å². The minimum Gasteiger partial charge on any atom is -0.377 e. The van der Waals surface area contributed by atoms with E-state index in [1.54, 1.807) is 24.3 Å². The Morgan fingerprint density at radius 1 is 1.41 bits per heavy atom. The molecule has 0 radical (unpaired) electrons. The maximum atomic E-state index is 12.3. The van der Waals surface area contributed by atoms with Gasteiger partial charge in [0.15, 0.2) is 5.75 Å². The maximum absolute atomic E-state index is 12.3. The Morgan fingerprint density at radius 2 is 2.18 bits per heavy atom. The second-order valence-electron chi connectivity index (χ2n) is 3.29.